The minimum atomic E-state index is -0.472. The van der Waals surface area contributed by atoms with Gasteiger partial charge in [0.25, 0.3) is 0 Å². The molecule has 1 unspecified atom stereocenters. The Morgan fingerprint density at radius 1 is 1.27 bits per heavy atom. The fourth-order valence-electron chi connectivity index (χ4n) is 1.34. The molecular formula is C11H18O4. The van der Waals surface area contributed by atoms with Gasteiger partial charge in [0.2, 0.25) is 0 Å². The quantitative estimate of drug-likeness (QED) is 0.498. The number of ether oxygens (including phenoxy) is 2. The lowest BCUT2D eigenvalue weighted by molar-refractivity contribution is -0.145. The van der Waals surface area contributed by atoms with Crippen LogP contribution in [-0.2, 0) is 19.1 Å². The molecule has 0 amide bonds. The minimum Gasteiger partial charge on any atom is -0.469 e. The van der Waals surface area contributed by atoms with Crippen LogP contribution in [0.25, 0.3) is 0 Å². The zero-order valence-electron chi connectivity index (χ0n) is 9.54. The van der Waals surface area contributed by atoms with Crippen LogP contribution < -0.4 is 0 Å². The molecule has 0 spiro atoms. The molecule has 0 saturated carbocycles. The Morgan fingerprint density at radius 3 is 2.27 bits per heavy atom. The summed E-state index contributed by atoms with van der Waals surface area (Å²) < 4.78 is 9.16. The predicted molar refractivity (Wildman–Crippen MR) is 56.2 cm³/mol. The van der Waals surface area contributed by atoms with E-state index in [0.29, 0.717) is 18.4 Å². The normalized spacial score (nSPS) is 11.7. The molecule has 86 valence electrons. The van der Waals surface area contributed by atoms with Crippen molar-refractivity contribution in [1.82, 2.24) is 0 Å². The number of hydrogen-bond donors (Lipinski definition) is 0. The first-order chi connectivity index (χ1) is 7.06. The van der Waals surface area contributed by atoms with E-state index in [-0.39, 0.29) is 11.9 Å². The molecule has 0 radical (unpaired) electrons. The Morgan fingerprint density at radius 2 is 1.87 bits per heavy atom. The average molecular weight is 214 g/mol. The van der Waals surface area contributed by atoms with Crippen molar-refractivity contribution >= 4 is 11.9 Å². The molecule has 0 N–H and O–H groups in total. The van der Waals surface area contributed by atoms with Gasteiger partial charge in [0, 0.05) is 5.57 Å². The van der Waals surface area contributed by atoms with E-state index < -0.39 is 5.97 Å². The molecule has 0 fully saturated rings. The molecular weight excluding hydrogens is 196 g/mol. The van der Waals surface area contributed by atoms with Crippen molar-refractivity contribution in [3.8, 4) is 0 Å². The van der Waals surface area contributed by atoms with Crippen LogP contribution >= 0.6 is 0 Å². The van der Waals surface area contributed by atoms with Gasteiger partial charge in [-0.25, -0.2) is 4.79 Å². The van der Waals surface area contributed by atoms with Gasteiger partial charge in [0.1, 0.15) is 0 Å². The number of methoxy groups -OCH3 is 2. The molecule has 1 atom stereocenters. The van der Waals surface area contributed by atoms with E-state index in [1.54, 1.807) is 0 Å². The summed E-state index contributed by atoms with van der Waals surface area (Å²) in [7, 11) is 2.63. The highest BCUT2D eigenvalue weighted by atomic mass is 16.5. The predicted octanol–water partition coefficient (Wildman–Crippen LogP) is 1.70. The van der Waals surface area contributed by atoms with Gasteiger partial charge in [-0.15, -0.1) is 0 Å². The lowest BCUT2D eigenvalue weighted by atomic mass is 9.96. The molecule has 0 aromatic carbocycles. The van der Waals surface area contributed by atoms with Gasteiger partial charge < -0.3 is 9.47 Å². The third kappa shape index (κ3) is 4.63. The van der Waals surface area contributed by atoms with Gasteiger partial charge in [-0.1, -0.05) is 19.9 Å². The monoisotopic (exact) mass is 214 g/mol. The van der Waals surface area contributed by atoms with Crippen molar-refractivity contribution in [1.29, 1.82) is 0 Å². The molecule has 15 heavy (non-hydrogen) atoms. The van der Waals surface area contributed by atoms with Crippen molar-refractivity contribution in [2.45, 2.75) is 26.2 Å². The van der Waals surface area contributed by atoms with E-state index in [0.717, 1.165) is 6.42 Å². The van der Waals surface area contributed by atoms with E-state index in [2.05, 4.69) is 16.1 Å². The number of rotatable bonds is 6. The smallest absolute Gasteiger partial charge is 0.333 e. The fraction of sp³-hybridized carbons (Fsp3) is 0.636. The van der Waals surface area contributed by atoms with Crippen molar-refractivity contribution < 1.29 is 19.1 Å². The molecule has 0 bridgehead atoms. The Kier molecular flexibility index (Phi) is 6.42. The minimum absolute atomic E-state index is 0.299. The number of esters is 2. The first kappa shape index (κ1) is 13.7. The second-order valence-corrected chi connectivity index (χ2v) is 3.31. The second-order valence-electron chi connectivity index (χ2n) is 3.31. The van der Waals surface area contributed by atoms with Crippen molar-refractivity contribution in [2.75, 3.05) is 14.2 Å². The zero-order chi connectivity index (χ0) is 11.8. The topological polar surface area (TPSA) is 52.6 Å². The maximum absolute atomic E-state index is 11.3. The summed E-state index contributed by atoms with van der Waals surface area (Å²) in [4.78, 5) is 22.4. The standard InChI is InChI=1S/C11H18O4/c1-5-6-9(11(13)15-4)7-8(2)10(12)14-3/h9H,2,5-7H2,1,3-4H3. The lowest BCUT2D eigenvalue weighted by Gasteiger charge is -2.13. The number of carbonyl (C=O) groups excluding carboxylic acids is 2. The highest BCUT2D eigenvalue weighted by Gasteiger charge is 2.21. The van der Waals surface area contributed by atoms with Crippen LogP contribution in [0.3, 0.4) is 0 Å². The first-order valence-electron chi connectivity index (χ1n) is 4.90. The Balaban J connectivity index is 4.34. The van der Waals surface area contributed by atoms with Gasteiger partial charge in [-0.05, 0) is 12.8 Å². The van der Waals surface area contributed by atoms with Gasteiger partial charge in [-0.3, -0.25) is 4.79 Å². The summed E-state index contributed by atoms with van der Waals surface area (Å²) in [6, 6.07) is 0. The van der Waals surface area contributed by atoms with E-state index >= 15 is 0 Å². The molecule has 0 aromatic heterocycles. The van der Waals surface area contributed by atoms with Crippen molar-refractivity contribution in [3.63, 3.8) is 0 Å². The van der Waals surface area contributed by atoms with E-state index in [4.69, 9.17) is 0 Å². The van der Waals surface area contributed by atoms with Crippen LogP contribution in [0.1, 0.15) is 26.2 Å². The summed E-state index contributed by atoms with van der Waals surface area (Å²) >= 11 is 0. The fourth-order valence-corrected chi connectivity index (χ4v) is 1.34. The van der Waals surface area contributed by atoms with Gasteiger partial charge in [0.15, 0.2) is 0 Å². The van der Waals surface area contributed by atoms with Crippen LogP contribution in [0.5, 0.6) is 0 Å². The highest BCUT2D eigenvalue weighted by molar-refractivity contribution is 5.88. The van der Waals surface area contributed by atoms with E-state index in [9.17, 15) is 9.59 Å². The summed E-state index contributed by atoms with van der Waals surface area (Å²) in [6.45, 7) is 5.55. The van der Waals surface area contributed by atoms with Crippen molar-refractivity contribution in [2.24, 2.45) is 5.92 Å². The van der Waals surface area contributed by atoms with Crippen LogP contribution in [-0.4, -0.2) is 26.2 Å². The maximum atomic E-state index is 11.3. The summed E-state index contributed by atoms with van der Waals surface area (Å²) in [5.41, 5.74) is 0.307. The molecule has 4 heteroatoms. The average Bonchev–Trinajstić information content (AvgIpc) is 2.26. The van der Waals surface area contributed by atoms with E-state index in [1.165, 1.54) is 14.2 Å². The van der Waals surface area contributed by atoms with Crippen molar-refractivity contribution in [3.05, 3.63) is 12.2 Å². The molecule has 4 nitrogen and oxygen atoms in total. The van der Waals surface area contributed by atoms with Crippen LogP contribution in [0.2, 0.25) is 0 Å². The van der Waals surface area contributed by atoms with Gasteiger partial charge in [0.05, 0.1) is 20.1 Å². The SMILES string of the molecule is C=C(CC(CCC)C(=O)OC)C(=O)OC. The van der Waals surface area contributed by atoms with Gasteiger partial charge in [-0.2, -0.15) is 0 Å². The molecule has 0 saturated heterocycles. The maximum Gasteiger partial charge on any atom is 0.333 e. The third-order valence-corrected chi connectivity index (χ3v) is 2.14. The number of carbonyl (C=O) groups is 2. The Labute approximate surface area is 90.2 Å². The van der Waals surface area contributed by atoms with Gasteiger partial charge >= 0.3 is 11.9 Å². The Hall–Kier alpha value is -1.32. The first-order valence-corrected chi connectivity index (χ1v) is 4.90. The van der Waals surface area contributed by atoms with Crippen LogP contribution in [0.15, 0.2) is 12.2 Å². The molecule has 0 aliphatic heterocycles. The Bertz CT molecular complexity index is 245. The third-order valence-electron chi connectivity index (χ3n) is 2.14. The summed E-state index contributed by atoms with van der Waals surface area (Å²) in [5.74, 6) is -1.08. The summed E-state index contributed by atoms with van der Waals surface area (Å²) in [5, 5.41) is 0. The second kappa shape index (κ2) is 7.04. The lowest BCUT2D eigenvalue weighted by Crippen LogP contribution is -2.19. The highest BCUT2D eigenvalue weighted by Crippen LogP contribution is 2.18. The molecule has 0 aromatic rings. The van der Waals surface area contributed by atoms with Crippen LogP contribution in [0.4, 0.5) is 0 Å². The largest absolute Gasteiger partial charge is 0.469 e. The zero-order valence-corrected chi connectivity index (χ0v) is 9.54. The number of hydrogen-bond acceptors (Lipinski definition) is 4. The molecule has 0 aliphatic rings. The molecule has 0 aliphatic carbocycles. The molecule has 0 rings (SSSR count). The van der Waals surface area contributed by atoms with E-state index in [1.807, 2.05) is 6.92 Å². The van der Waals surface area contributed by atoms with Crippen LogP contribution in [0, 0.1) is 5.92 Å². The molecule has 0 heterocycles. The summed E-state index contributed by atoms with van der Waals surface area (Å²) in [6.07, 6.45) is 1.84.